The Morgan fingerprint density at radius 1 is 1.23 bits per heavy atom. The zero-order chi connectivity index (χ0) is 19.1. The molecule has 8 nitrogen and oxygen atoms in total. The first kappa shape index (κ1) is 18.1. The number of rotatable bonds is 5. The van der Waals surface area contributed by atoms with Crippen molar-refractivity contribution in [1.82, 2.24) is 9.80 Å². The van der Waals surface area contributed by atoms with Gasteiger partial charge in [-0.2, -0.15) is 0 Å². The molecule has 1 atom stereocenters. The summed E-state index contributed by atoms with van der Waals surface area (Å²) in [7, 11) is 1.41. The van der Waals surface area contributed by atoms with Crippen LogP contribution in [0, 0.1) is 12.3 Å². The van der Waals surface area contributed by atoms with Gasteiger partial charge >= 0.3 is 5.97 Å². The van der Waals surface area contributed by atoms with Crippen LogP contribution >= 0.6 is 0 Å². The highest BCUT2D eigenvalue weighted by Gasteiger charge is 2.47. The average molecular weight is 360 g/mol. The fraction of sp³-hybridized carbons (Fsp3) is 0.444. The number of hydrogen-bond donors (Lipinski definition) is 1. The van der Waals surface area contributed by atoms with E-state index >= 15 is 0 Å². The molecule has 26 heavy (non-hydrogen) atoms. The van der Waals surface area contributed by atoms with Crippen molar-refractivity contribution in [3.63, 3.8) is 0 Å². The number of hydrogen-bond acceptors (Lipinski definition) is 5. The van der Waals surface area contributed by atoms with Crippen LogP contribution in [0.2, 0.25) is 0 Å². The standard InChI is InChI=1S/C18H20N2O6/c1-11-3-4-12-13(7-11)16(23)20(15(12)22)8-14(21)19-6-5-18(9-19,10-26-2)17(24)25/h3-4,7H,5-6,8-10H2,1-2H3,(H,24,25). The van der Waals surface area contributed by atoms with Crippen LogP contribution < -0.4 is 0 Å². The number of carbonyl (C=O) groups excluding carboxylic acids is 3. The molecule has 2 aliphatic rings. The van der Waals surface area contributed by atoms with E-state index in [2.05, 4.69) is 0 Å². The molecule has 2 heterocycles. The molecule has 0 bridgehead atoms. The Morgan fingerprint density at radius 3 is 2.58 bits per heavy atom. The number of carboxylic acids is 1. The summed E-state index contributed by atoms with van der Waals surface area (Å²) in [4.78, 5) is 51.3. The number of amides is 3. The Balaban J connectivity index is 1.73. The average Bonchev–Trinajstić information content (AvgIpc) is 3.12. The molecule has 1 aromatic rings. The minimum Gasteiger partial charge on any atom is -0.481 e. The van der Waals surface area contributed by atoms with Crippen molar-refractivity contribution in [1.29, 1.82) is 0 Å². The number of carboxylic acid groups (broad SMARTS) is 1. The zero-order valence-corrected chi connectivity index (χ0v) is 14.7. The smallest absolute Gasteiger partial charge is 0.313 e. The maximum absolute atomic E-state index is 12.6. The Labute approximate surface area is 150 Å². The van der Waals surface area contributed by atoms with Crippen LogP contribution in [-0.2, 0) is 14.3 Å². The Kier molecular flexibility index (Phi) is 4.53. The van der Waals surface area contributed by atoms with E-state index in [1.807, 2.05) is 6.92 Å². The predicted molar refractivity (Wildman–Crippen MR) is 89.7 cm³/mol. The third-order valence-electron chi connectivity index (χ3n) is 5.00. The van der Waals surface area contributed by atoms with E-state index < -0.39 is 35.7 Å². The quantitative estimate of drug-likeness (QED) is 0.769. The van der Waals surface area contributed by atoms with Crippen LogP contribution in [0.5, 0.6) is 0 Å². The van der Waals surface area contributed by atoms with Crippen LogP contribution in [0.4, 0.5) is 0 Å². The van der Waals surface area contributed by atoms with Gasteiger partial charge in [0.05, 0.1) is 17.7 Å². The second kappa shape index (κ2) is 6.53. The molecule has 8 heteroatoms. The van der Waals surface area contributed by atoms with Crippen LogP contribution in [0.1, 0.15) is 32.7 Å². The summed E-state index contributed by atoms with van der Waals surface area (Å²) in [6.45, 7) is 1.66. The predicted octanol–water partition coefficient (Wildman–Crippen LogP) is 0.541. The van der Waals surface area contributed by atoms with Crippen LogP contribution in [-0.4, -0.2) is 71.9 Å². The highest BCUT2D eigenvalue weighted by atomic mass is 16.5. The molecule has 0 saturated carbocycles. The number of fused-ring (bicyclic) bond motifs is 1. The summed E-state index contributed by atoms with van der Waals surface area (Å²) in [6, 6.07) is 4.95. The van der Waals surface area contributed by atoms with Crippen molar-refractivity contribution < 1.29 is 29.0 Å². The van der Waals surface area contributed by atoms with E-state index in [9.17, 15) is 24.3 Å². The molecule has 1 saturated heterocycles. The molecular weight excluding hydrogens is 340 g/mol. The molecule has 3 amide bonds. The van der Waals surface area contributed by atoms with Gasteiger partial charge in [0, 0.05) is 20.2 Å². The number of carbonyl (C=O) groups is 4. The largest absolute Gasteiger partial charge is 0.481 e. The topological polar surface area (TPSA) is 104 Å². The summed E-state index contributed by atoms with van der Waals surface area (Å²) in [5.41, 5.74) is 0.282. The van der Waals surface area contributed by atoms with E-state index in [1.54, 1.807) is 18.2 Å². The van der Waals surface area contributed by atoms with Gasteiger partial charge < -0.3 is 14.7 Å². The minimum absolute atomic E-state index is 0.00158. The van der Waals surface area contributed by atoms with E-state index in [0.29, 0.717) is 5.56 Å². The number of methoxy groups -OCH3 is 1. The first-order valence-electron chi connectivity index (χ1n) is 8.26. The zero-order valence-electron chi connectivity index (χ0n) is 14.7. The second-order valence-electron chi connectivity index (χ2n) is 6.83. The van der Waals surface area contributed by atoms with Gasteiger partial charge in [-0.15, -0.1) is 0 Å². The number of nitrogens with zero attached hydrogens (tertiary/aromatic N) is 2. The monoisotopic (exact) mass is 360 g/mol. The van der Waals surface area contributed by atoms with Crippen LogP contribution in [0.25, 0.3) is 0 Å². The summed E-state index contributed by atoms with van der Waals surface area (Å²) >= 11 is 0. The molecule has 1 N–H and O–H groups in total. The number of ether oxygens (including phenoxy) is 1. The molecule has 0 aromatic heterocycles. The van der Waals surface area contributed by atoms with Gasteiger partial charge in [-0.1, -0.05) is 11.6 Å². The second-order valence-corrected chi connectivity index (χ2v) is 6.83. The van der Waals surface area contributed by atoms with Gasteiger partial charge in [0.15, 0.2) is 0 Å². The molecule has 3 rings (SSSR count). The fourth-order valence-corrected chi connectivity index (χ4v) is 3.50. The van der Waals surface area contributed by atoms with E-state index in [-0.39, 0.29) is 31.7 Å². The number of benzene rings is 1. The van der Waals surface area contributed by atoms with Gasteiger partial charge in [-0.05, 0) is 25.5 Å². The molecule has 0 spiro atoms. The normalized spacial score (nSPS) is 22.1. The summed E-state index contributed by atoms with van der Waals surface area (Å²) in [5.74, 6) is -2.47. The van der Waals surface area contributed by atoms with E-state index in [0.717, 1.165) is 10.5 Å². The van der Waals surface area contributed by atoms with Crippen LogP contribution in [0.15, 0.2) is 18.2 Å². The molecule has 1 aromatic carbocycles. The van der Waals surface area contributed by atoms with Crippen molar-refractivity contribution in [2.24, 2.45) is 5.41 Å². The van der Waals surface area contributed by atoms with Crippen molar-refractivity contribution in [3.05, 3.63) is 34.9 Å². The summed E-state index contributed by atoms with van der Waals surface area (Å²) in [5, 5.41) is 9.47. The van der Waals surface area contributed by atoms with Gasteiger partial charge in [-0.3, -0.25) is 24.1 Å². The maximum atomic E-state index is 12.6. The molecule has 1 unspecified atom stereocenters. The Hall–Kier alpha value is -2.74. The first-order chi connectivity index (χ1) is 12.3. The summed E-state index contributed by atoms with van der Waals surface area (Å²) in [6.07, 6.45) is 0.267. The molecule has 138 valence electrons. The number of aliphatic carboxylic acids is 1. The number of imide groups is 1. The molecule has 0 aliphatic carbocycles. The third-order valence-corrected chi connectivity index (χ3v) is 5.00. The highest BCUT2D eigenvalue weighted by molar-refractivity contribution is 6.22. The SMILES string of the molecule is COCC1(C(=O)O)CCN(C(=O)CN2C(=O)c3ccc(C)cc3C2=O)C1. The number of aryl methyl sites for hydroxylation is 1. The van der Waals surface area contributed by atoms with Crippen LogP contribution in [0.3, 0.4) is 0 Å². The van der Waals surface area contributed by atoms with Crippen molar-refractivity contribution in [2.45, 2.75) is 13.3 Å². The van der Waals surface area contributed by atoms with Gasteiger partial charge in [0.25, 0.3) is 11.8 Å². The lowest BCUT2D eigenvalue weighted by Crippen LogP contribution is -2.44. The molecule has 0 radical (unpaired) electrons. The van der Waals surface area contributed by atoms with Gasteiger partial charge in [-0.25, -0.2) is 0 Å². The molecular formula is C18H20N2O6. The van der Waals surface area contributed by atoms with Crippen molar-refractivity contribution in [3.8, 4) is 0 Å². The highest BCUT2D eigenvalue weighted by Crippen LogP contribution is 2.32. The lowest BCUT2D eigenvalue weighted by Gasteiger charge is -2.24. The Bertz CT molecular complexity index is 805. The maximum Gasteiger partial charge on any atom is 0.313 e. The molecule has 2 aliphatic heterocycles. The lowest BCUT2D eigenvalue weighted by atomic mass is 9.88. The lowest BCUT2D eigenvalue weighted by molar-refractivity contribution is -0.151. The van der Waals surface area contributed by atoms with Gasteiger partial charge in [0.1, 0.15) is 12.0 Å². The van der Waals surface area contributed by atoms with E-state index in [1.165, 1.54) is 12.0 Å². The number of likely N-dealkylation sites (tertiary alicyclic amines) is 1. The minimum atomic E-state index is -1.15. The van der Waals surface area contributed by atoms with E-state index in [4.69, 9.17) is 4.74 Å². The Morgan fingerprint density at radius 2 is 1.92 bits per heavy atom. The first-order valence-corrected chi connectivity index (χ1v) is 8.26. The fourth-order valence-electron chi connectivity index (χ4n) is 3.50. The van der Waals surface area contributed by atoms with Crippen molar-refractivity contribution in [2.75, 3.05) is 33.4 Å². The third kappa shape index (κ3) is 2.86. The summed E-state index contributed by atoms with van der Waals surface area (Å²) < 4.78 is 5.00. The van der Waals surface area contributed by atoms with Crippen molar-refractivity contribution >= 4 is 23.7 Å². The van der Waals surface area contributed by atoms with Gasteiger partial charge in [0.2, 0.25) is 5.91 Å². The molecule has 1 fully saturated rings.